The fourth-order valence-electron chi connectivity index (χ4n) is 2.65. The number of rotatable bonds is 8. The minimum absolute atomic E-state index is 0.539. The predicted octanol–water partition coefficient (Wildman–Crippen LogP) is 6.26. The first kappa shape index (κ1) is 15.9. The van der Waals surface area contributed by atoms with Crippen molar-refractivity contribution in [2.75, 3.05) is 6.61 Å². The zero-order chi connectivity index (χ0) is 15.1. The van der Waals surface area contributed by atoms with Gasteiger partial charge in [-0.2, -0.15) is 0 Å². The molecule has 0 fully saturated rings. The monoisotopic (exact) mass is 284 g/mol. The van der Waals surface area contributed by atoms with Crippen molar-refractivity contribution in [3.63, 3.8) is 0 Å². The highest BCUT2D eigenvalue weighted by atomic mass is 16.5. The van der Waals surface area contributed by atoms with Gasteiger partial charge in [0.25, 0.3) is 0 Å². The van der Waals surface area contributed by atoms with Gasteiger partial charge in [0.1, 0.15) is 5.75 Å². The van der Waals surface area contributed by atoms with E-state index in [0.717, 1.165) is 18.8 Å². The molecule has 0 aromatic heterocycles. The van der Waals surface area contributed by atoms with E-state index in [1.54, 1.807) is 0 Å². The molecule has 0 unspecified atom stereocenters. The second kappa shape index (κ2) is 8.07. The second-order valence-corrected chi connectivity index (χ2v) is 6.15. The number of ether oxygens (including phenoxy) is 1. The van der Waals surface area contributed by atoms with Crippen LogP contribution in [-0.4, -0.2) is 6.61 Å². The summed E-state index contributed by atoms with van der Waals surface area (Å²) in [5, 5.41) is 0. The lowest BCUT2D eigenvalue weighted by atomic mass is 10.0. The third-order valence-electron chi connectivity index (χ3n) is 4.04. The van der Waals surface area contributed by atoms with Crippen LogP contribution in [0.1, 0.15) is 64.4 Å². The number of hydrogen-bond acceptors (Lipinski definition) is 1. The van der Waals surface area contributed by atoms with Crippen molar-refractivity contribution < 1.29 is 4.74 Å². The normalized spacial score (nSPS) is 11.2. The molecule has 114 valence electrons. The van der Waals surface area contributed by atoms with Gasteiger partial charge in [0.15, 0.2) is 0 Å². The predicted molar refractivity (Wildman–Crippen MR) is 91.4 cm³/mol. The van der Waals surface area contributed by atoms with Crippen molar-refractivity contribution in [3.05, 3.63) is 42.0 Å². The van der Waals surface area contributed by atoms with E-state index in [0.29, 0.717) is 5.92 Å². The van der Waals surface area contributed by atoms with E-state index in [2.05, 4.69) is 57.2 Å². The van der Waals surface area contributed by atoms with Crippen LogP contribution in [-0.2, 0) is 0 Å². The molecule has 2 aliphatic rings. The Bertz CT molecular complexity index is 515. The molecule has 21 heavy (non-hydrogen) atoms. The molecule has 0 bridgehead atoms. The number of fused-ring (bicyclic) bond motifs is 1. The van der Waals surface area contributed by atoms with E-state index in [1.807, 2.05) is 0 Å². The molecule has 0 amide bonds. The maximum atomic E-state index is 6.05. The summed E-state index contributed by atoms with van der Waals surface area (Å²) in [6.07, 6.45) is 6.38. The molecular weight excluding hydrogens is 256 g/mol. The van der Waals surface area contributed by atoms with E-state index in [9.17, 15) is 0 Å². The lowest BCUT2D eigenvalue weighted by molar-refractivity contribution is 0.306. The van der Waals surface area contributed by atoms with Crippen LogP contribution in [0, 0.1) is 0 Å². The average molecular weight is 284 g/mol. The quantitative estimate of drug-likeness (QED) is 0.519. The van der Waals surface area contributed by atoms with E-state index < -0.39 is 0 Å². The van der Waals surface area contributed by atoms with Crippen molar-refractivity contribution in [2.45, 2.75) is 58.8 Å². The van der Waals surface area contributed by atoms with Crippen molar-refractivity contribution >= 4 is 0 Å². The van der Waals surface area contributed by atoms with Crippen molar-refractivity contribution in [2.24, 2.45) is 0 Å². The summed E-state index contributed by atoms with van der Waals surface area (Å²) in [4.78, 5) is 0. The largest absolute Gasteiger partial charge is 0.493 e. The molecule has 1 heteroatoms. The number of hydrogen-bond donors (Lipinski definition) is 0. The van der Waals surface area contributed by atoms with E-state index in [-0.39, 0.29) is 0 Å². The van der Waals surface area contributed by atoms with Gasteiger partial charge in [-0.25, -0.2) is 0 Å². The molecular formula is C20H28O. The zero-order valence-corrected chi connectivity index (χ0v) is 13.7. The SMILES string of the molecule is CCCCCCCOc1ccc(C(C)C)cc2cccc1-2. The lowest BCUT2D eigenvalue weighted by Crippen LogP contribution is -1.97. The van der Waals surface area contributed by atoms with Crippen molar-refractivity contribution in [3.8, 4) is 16.9 Å². The van der Waals surface area contributed by atoms with Crippen LogP contribution in [0.4, 0.5) is 0 Å². The van der Waals surface area contributed by atoms with E-state index in [4.69, 9.17) is 4.74 Å². The minimum Gasteiger partial charge on any atom is -0.493 e. The van der Waals surface area contributed by atoms with Gasteiger partial charge in [-0.05, 0) is 29.5 Å². The van der Waals surface area contributed by atoms with Crippen LogP contribution >= 0.6 is 0 Å². The molecule has 1 nitrogen and oxygen atoms in total. The molecule has 0 saturated carbocycles. The molecule has 0 heterocycles. The standard InChI is InChI=1S/C20H28O/c1-4-5-6-7-8-14-21-20-13-12-17(16(2)3)15-18-10-9-11-19(18)20/h9-13,15-16H,4-8,14H2,1-3H3. The summed E-state index contributed by atoms with van der Waals surface area (Å²) in [5.41, 5.74) is 3.88. The van der Waals surface area contributed by atoms with E-state index in [1.165, 1.54) is 42.4 Å². The fraction of sp³-hybridized carbons (Fsp3) is 0.500. The molecule has 0 aromatic carbocycles. The topological polar surface area (TPSA) is 9.23 Å². The van der Waals surface area contributed by atoms with Crippen LogP contribution in [0.5, 0.6) is 5.75 Å². The van der Waals surface area contributed by atoms with Gasteiger partial charge in [-0.3, -0.25) is 0 Å². The Morgan fingerprint density at radius 1 is 0.952 bits per heavy atom. The van der Waals surface area contributed by atoms with Gasteiger partial charge < -0.3 is 4.74 Å². The molecule has 0 saturated heterocycles. The van der Waals surface area contributed by atoms with Crippen LogP contribution < -0.4 is 4.74 Å². The summed E-state index contributed by atoms with van der Waals surface area (Å²) in [6, 6.07) is 13.1. The zero-order valence-electron chi connectivity index (χ0n) is 13.7. The molecule has 0 radical (unpaired) electrons. The molecule has 0 aromatic rings. The summed E-state index contributed by atoms with van der Waals surface area (Å²) in [5.74, 6) is 1.56. The Balaban J connectivity index is 2.01. The highest BCUT2D eigenvalue weighted by Gasteiger charge is 2.10. The first-order valence-corrected chi connectivity index (χ1v) is 8.38. The smallest absolute Gasteiger partial charge is 0.127 e. The van der Waals surface area contributed by atoms with Gasteiger partial charge >= 0.3 is 0 Å². The highest BCUT2D eigenvalue weighted by molar-refractivity contribution is 5.73. The van der Waals surface area contributed by atoms with Gasteiger partial charge in [0.05, 0.1) is 6.61 Å². The van der Waals surface area contributed by atoms with Gasteiger partial charge in [0.2, 0.25) is 0 Å². The third kappa shape index (κ3) is 4.49. The van der Waals surface area contributed by atoms with Crippen LogP contribution in [0.2, 0.25) is 0 Å². The van der Waals surface area contributed by atoms with Crippen LogP contribution in [0.25, 0.3) is 11.1 Å². The van der Waals surface area contributed by atoms with Gasteiger partial charge in [0, 0.05) is 5.56 Å². The summed E-state index contributed by atoms with van der Waals surface area (Å²) in [7, 11) is 0. The Labute approximate surface area is 129 Å². The van der Waals surface area contributed by atoms with Gasteiger partial charge in [-0.1, -0.05) is 76.8 Å². The first-order chi connectivity index (χ1) is 10.2. The molecule has 0 atom stereocenters. The molecule has 0 N–H and O–H groups in total. The highest BCUT2D eigenvalue weighted by Crippen LogP contribution is 2.34. The molecule has 2 rings (SSSR count). The Morgan fingerprint density at radius 2 is 1.76 bits per heavy atom. The van der Waals surface area contributed by atoms with Crippen molar-refractivity contribution in [1.82, 2.24) is 0 Å². The average Bonchev–Trinajstić information content (AvgIpc) is 2.85. The van der Waals surface area contributed by atoms with E-state index >= 15 is 0 Å². The molecule has 0 spiro atoms. The summed E-state index contributed by atoms with van der Waals surface area (Å²) >= 11 is 0. The van der Waals surface area contributed by atoms with Crippen molar-refractivity contribution in [1.29, 1.82) is 0 Å². The van der Waals surface area contributed by atoms with Crippen LogP contribution in [0.15, 0.2) is 36.4 Å². The first-order valence-electron chi connectivity index (χ1n) is 8.38. The van der Waals surface area contributed by atoms with Crippen LogP contribution in [0.3, 0.4) is 0 Å². The maximum absolute atomic E-state index is 6.05. The van der Waals surface area contributed by atoms with Gasteiger partial charge in [-0.15, -0.1) is 0 Å². The Morgan fingerprint density at radius 3 is 2.52 bits per heavy atom. The molecule has 2 aliphatic carbocycles. The lowest BCUT2D eigenvalue weighted by Gasteiger charge is -2.07. The fourth-order valence-corrected chi connectivity index (χ4v) is 2.65. The minimum atomic E-state index is 0.539. The summed E-state index contributed by atoms with van der Waals surface area (Å²) < 4.78 is 6.05. The third-order valence-corrected chi connectivity index (χ3v) is 4.04. The second-order valence-electron chi connectivity index (χ2n) is 6.15. The Kier molecular flexibility index (Phi) is 6.10. The maximum Gasteiger partial charge on any atom is 0.127 e. The number of unbranched alkanes of at least 4 members (excludes halogenated alkanes) is 4. The molecule has 0 aliphatic heterocycles. The summed E-state index contributed by atoms with van der Waals surface area (Å²) in [6.45, 7) is 7.54. The Hall–Kier alpha value is -1.50.